The van der Waals surface area contributed by atoms with Gasteiger partial charge in [0, 0.05) is 16.7 Å². The largest absolute Gasteiger partial charge is 0.208 e. The minimum absolute atomic E-state index is 0.623. The van der Waals surface area contributed by atoms with Crippen LogP contribution in [-0.2, 0) is 0 Å². The fourth-order valence-electron chi connectivity index (χ4n) is 7.90. The third-order valence-corrected chi connectivity index (χ3v) is 11.0. The molecule has 282 valence electrons. The Morgan fingerprint density at radius 3 is 0.817 bits per heavy atom. The van der Waals surface area contributed by atoms with Gasteiger partial charge in [0.25, 0.3) is 0 Å². The average molecular weight is 766 g/mol. The van der Waals surface area contributed by atoms with Crippen molar-refractivity contribution in [2.24, 2.45) is 0 Å². The topological polar surface area (TPSA) is 38.7 Å². The van der Waals surface area contributed by atoms with Gasteiger partial charge in [-0.1, -0.05) is 224 Å². The zero-order valence-electron chi connectivity index (χ0n) is 32.9. The van der Waals surface area contributed by atoms with Gasteiger partial charge in [-0.2, -0.15) is 0 Å². The summed E-state index contributed by atoms with van der Waals surface area (Å²) in [6, 6.07) is 83.0. The summed E-state index contributed by atoms with van der Waals surface area (Å²) in [5.74, 6) is 1.87. The second-order valence-corrected chi connectivity index (χ2v) is 14.8. The summed E-state index contributed by atoms with van der Waals surface area (Å²) in [7, 11) is 0. The van der Waals surface area contributed by atoms with Gasteiger partial charge in [-0.3, -0.25) is 0 Å². The molecule has 0 aliphatic carbocycles. The Balaban J connectivity index is 1.02. The highest BCUT2D eigenvalue weighted by Crippen LogP contribution is 2.37. The molecule has 0 N–H and O–H groups in total. The highest BCUT2D eigenvalue weighted by molar-refractivity contribution is 5.86. The molecular formula is C57H39N3. The van der Waals surface area contributed by atoms with E-state index in [1.165, 1.54) is 33.4 Å². The summed E-state index contributed by atoms with van der Waals surface area (Å²) in [6.45, 7) is 0. The molecule has 0 fully saturated rings. The second kappa shape index (κ2) is 16.5. The van der Waals surface area contributed by atoms with Gasteiger partial charge in [0.1, 0.15) is 0 Å². The first kappa shape index (κ1) is 36.3. The lowest BCUT2D eigenvalue weighted by atomic mass is 9.94. The van der Waals surface area contributed by atoms with E-state index in [4.69, 9.17) is 15.0 Å². The molecule has 0 unspecified atom stereocenters. The molecule has 0 bridgehead atoms. The highest BCUT2D eigenvalue weighted by Gasteiger charge is 2.18. The van der Waals surface area contributed by atoms with E-state index in [0.29, 0.717) is 17.5 Å². The predicted molar refractivity (Wildman–Crippen MR) is 249 cm³/mol. The molecule has 0 amide bonds. The van der Waals surface area contributed by atoms with Gasteiger partial charge in [0.05, 0.1) is 0 Å². The maximum Gasteiger partial charge on any atom is 0.164 e. The second-order valence-electron chi connectivity index (χ2n) is 14.8. The lowest BCUT2D eigenvalue weighted by Crippen LogP contribution is -2.02. The number of aromatic nitrogens is 3. The van der Waals surface area contributed by atoms with Crippen molar-refractivity contribution in [3.63, 3.8) is 0 Å². The van der Waals surface area contributed by atoms with Crippen molar-refractivity contribution in [1.29, 1.82) is 0 Å². The van der Waals surface area contributed by atoms with Crippen LogP contribution in [0.3, 0.4) is 0 Å². The molecule has 10 aromatic rings. The Hall–Kier alpha value is -8.01. The third kappa shape index (κ3) is 7.56. The molecule has 1 aromatic heterocycles. The molecule has 60 heavy (non-hydrogen) atoms. The Morgan fingerprint density at radius 2 is 0.433 bits per heavy atom. The zero-order chi connectivity index (χ0) is 40.1. The Kier molecular flexibility index (Phi) is 9.97. The number of hydrogen-bond donors (Lipinski definition) is 0. The fourth-order valence-corrected chi connectivity index (χ4v) is 7.90. The van der Waals surface area contributed by atoms with E-state index < -0.39 is 0 Å². The van der Waals surface area contributed by atoms with Gasteiger partial charge < -0.3 is 0 Å². The standard InChI is InChI=1S/C57H39N3/c1-4-16-40(17-5-1)47-22-14-24-49(38-47)42-30-34-44(35-31-42)51-26-10-12-28-53(51)56-58-55(46-20-8-3-9-21-46)59-57(60-56)54-29-13-11-27-52(54)45-36-32-43(33-37-45)50-25-15-23-48(39-50)41-18-6-2-7-19-41/h1-39H. The van der Waals surface area contributed by atoms with E-state index >= 15 is 0 Å². The van der Waals surface area contributed by atoms with Crippen LogP contribution < -0.4 is 0 Å². The fraction of sp³-hybridized carbons (Fsp3) is 0. The third-order valence-electron chi connectivity index (χ3n) is 11.0. The van der Waals surface area contributed by atoms with Crippen molar-refractivity contribution in [2.45, 2.75) is 0 Å². The zero-order valence-corrected chi connectivity index (χ0v) is 32.9. The summed E-state index contributed by atoms with van der Waals surface area (Å²) < 4.78 is 0. The van der Waals surface area contributed by atoms with Crippen LogP contribution in [0.2, 0.25) is 0 Å². The summed E-state index contributed by atoms with van der Waals surface area (Å²) >= 11 is 0. The summed E-state index contributed by atoms with van der Waals surface area (Å²) in [5.41, 5.74) is 16.6. The van der Waals surface area contributed by atoms with E-state index in [0.717, 1.165) is 50.1 Å². The lowest BCUT2D eigenvalue weighted by Gasteiger charge is -2.14. The summed E-state index contributed by atoms with van der Waals surface area (Å²) in [4.78, 5) is 15.5. The normalized spacial score (nSPS) is 11.0. The average Bonchev–Trinajstić information content (AvgIpc) is 3.35. The molecule has 0 atom stereocenters. The molecule has 0 radical (unpaired) electrons. The van der Waals surface area contributed by atoms with Crippen LogP contribution >= 0.6 is 0 Å². The molecular weight excluding hydrogens is 727 g/mol. The molecule has 10 rings (SSSR count). The van der Waals surface area contributed by atoms with Crippen molar-refractivity contribution in [3.05, 3.63) is 237 Å². The van der Waals surface area contributed by atoms with Gasteiger partial charge >= 0.3 is 0 Å². The van der Waals surface area contributed by atoms with E-state index in [9.17, 15) is 0 Å². The minimum atomic E-state index is 0.623. The Labute approximate surface area is 351 Å². The number of rotatable bonds is 9. The molecule has 0 aliphatic rings. The quantitative estimate of drug-likeness (QED) is 0.147. The van der Waals surface area contributed by atoms with Crippen LogP contribution in [0.15, 0.2) is 237 Å². The maximum absolute atomic E-state index is 5.26. The van der Waals surface area contributed by atoms with E-state index in [-0.39, 0.29) is 0 Å². The number of hydrogen-bond acceptors (Lipinski definition) is 3. The maximum atomic E-state index is 5.26. The molecule has 1 heterocycles. The van der Waals surface area contributed by atoms with Crippen LogP contribution in [0, 0.1) is 0 Å². The van der Waals surface area contributed by atoms with E-state index in [1.807, 2.05) is 18.2 Å². The van der Waals surface area contributed by atoms with Crippen LogP contribution in [0.25, 0.3) is 101 Å². The van der Waals surface area contributed by atoms with Crippen molar-refractivity contribution >= 4 is 0 Å². The van der Waals surface area contributed by atoms with E-state index in [2.05, 4.69) is 218 Å². The first-order valence-corrected chi connectivity index (χ1v) is 20.3. The van der Waals surface area contributed by atoms with Crippen LogP contribution in [0.5, 0.6) is 0 Å². The summed E-state index contributed by atoms with van der Waals surface area (Å²) in [5, 5.41) is 0. The number of benzene rings is 9. The van der Waals surface area contributed by atoms with Crippen LogP contribution in [-0.4, -0.2) is 15.0 Å². The van der Waals surface area contributed by atoms with E-state index in [1.54, 1.807) is 0 Å². The highest BCUT2D eigenvalue weighted by atomic mass is 15.0. The number of nitrogens with zero attached hydrogens (tertiary/aromatic N) is 3. The monoisotopic (exact) mass is 765 g/mol. The SMILES string of the molecule is c1ccc(-c2cccc(-c3ccc(-c4ccccc4-c4nc(-c5ccccc5)nc(-c5ccccc5-c5ccc(-c6cccc(-c7ccccc7)c6)cc5)n4)cc3)c2)cc1. The van der Waals surface area contributed by atoms with Crippen molar-refractivity contribution in [3.8, 4) is 101 Å². The first-order chi connectivity index (χ1) is 29.7. The lowest BCUT2D eigenvalue weighted by molar-refractivity contribution is 1.07. The Bertz CT molecular complexity index is 2860. The molecule has 0 saturated carbocycles. The molecule has 3 nitrogen and oxygen atoms in total. The van der Waals surface area contributed by atoms with Crippen molar-refractivity contribution in [2.75, 3.05) is 0 Å². The first-order valence-electron chi connectivity index (χ1n) is 20.3. The molecule has 0 spiro atoms. The molecule has 0 saturated heterocycles. The smallest absolute Gasteiger partial charge is 0.164 e. The van der Waals surface area contributed by atoms with Crippen LogP contribution in [0.4, 0.5) is 0 Å². The molecule has 0 aliphatic heterocycles. The predicted octanol–water partition coefficient (Wildman–Crippen LogP) is 14.9. The molecule has 9 aromatic carbocycles. The van der Waals surface area contributed by atoms with Crippen molar-refractivity contribution < 1.29 is 0 Å². The Morgan fingerprint density at radius 1 is 0.167 bits per heavy atom. The van der Waals surface area contributed by atoms with Crippen LogP contribution in [0.1, 0.15) is 0 Å². The van der Waals surface area contributed by atoms with Crippen molar-refractivity contribution in [1.82, 2.24) is 15.0 Å². The minimum Gasteiger partial charge on any atom is -0.208 e. The van der Waals surface area contributed by atoms with Gasteiger partial charge in [-0.15, -0.1) is 0 Å². The summed E-state index contributed by atoms with van der Waals surface area (Å²) in [6.07, 6.45) is 0. The van der Waals surface area contributed by atoms with Gasteiger partial charge in [-0.05, 0) is 78.9 Å². The van der Waals surface area contributed by atoms with Gasteiger partial charge in [0.2, 0.25) is 0 Å². The van der Waals surface area contributed by atoms with Gasteiger partial charge in [0.15, 0.2) is 17.5 Å². The molecule has 3 heteroatoms. The van der Waals surface area contributed by atoms with Gasteiger partial charge in [-0.25, -0.2) is 15.0 Å².